The second kappa shape index (κ2) is 8.84. The van der Waals surface area contributed by atoms with Crippen molar-refractivity contribution in [3.8, 4) is 5.88 Å². The summed E-state index contributed by atoms with van der Waals surface area (Å²) < 4.78 is 7.17. The first-order valence-corrected chi connectivity index (χ1v) is 9.34. The Morgan fingerprint density at radius 1 is 1.21 bits per heavy atom. The normalized spacial score (nSPS) is 20.6. The molecule has 1 N–H and O–H groups in total. The molecule has 0 aromatic carbocycles. The van der Waals surface area contributed by atoms with E-state index in [0.29, 0.717) is 30.6 Å². The fraction of sp³-hybridized carbons (Fsp3) is 0.632. The lowest BCUT2D eigenvalue weighted by Crippen LogP contribution is -2.32. The molecule has 0 unspecified atom stereocenters. The van der Waals surface area contributed by atoms with Crippen LogP contribution in [-0.2, 0) is 18.3 Å². The molecular formula is C19H29Cl2N5O2. The van der Waals surface area contributed by atoms with Crippen molar-refractivity contribution in [2.24, 2.45) is 18.9 Å². The third-order valence-electron chi connectivity index (χ3n) is 6.05. The van der Waals surface area contributed by atoms with Crippen LogP contribution in [0.2, 0.25) is 0 Å². The summed E-state index contributed by atoms with van der Waals surface area (Å²) in [6.07, 6.45) is 1.24. The smallest absolute Gasteiger partial charge is 0.242 e. The number of carbonyl (C=O) groups is 1. The van der Waals surface area contributed by atoms with Crippen LogP contribution < -0.4 is 10.1 Å². The maximum Gasteiger partial charge on any atom is 0.242 e. The van der Waals surface area contributed by atoms with Crippen molar-refractivity contribution in [2.45, 2.75) is 26.7 Å². The van der Waals surface area contributed by atoms with Crippen LogP contribution in [-0.4, -0.2) is 58.9 Å². The van der Waals surface area contributed by atoms with Crippen molar-refractivity contribution >= 4 is 41.8 Å². The number of rotatable bonds is 4. The number of hydrogen-bond donors (Lipinski definition) is 1. The number of hydrogen-bond acceptors (Lipinski definition) is 5. The molecule has 2 aliphatic heterocycles. The van der Waals surface area contributed by atoms with Gasteiger partial charge in [0.05, 0.1) is 12.5 Å². The highest BCUT2D eigenvalue weighted by Crippen LogP contribution is 2.31. The number of halogens is 2. The van der Waals surface area contributed by atoms with Gasteiger partial charge in [0, 0.05) is 45.3 Å². The molecule has 4 heterocycles. The van der Waals surface area contributed by atoms with Gasteiger partial charge in [0.2, 0.25) is 11.8 Å². The van der Waals surface area contributed by atoms with E-state index in [4.69, 9.17) is 9.72 Å². The molecule has 7 nitrogen and oxygen atoms in total. The third-order valence-corrected chi connectivity index (χ3v) is 6.05. The number of methoxy groups -OCH3 is 1. The van der Waals surface area contributed by atoms with Gasteiger partial charge in [-0.05, 0) is 43.2 Å². The highest BCUT2D eigenvalue weighted by atomic mass is 35.5. The monoisotopic (exact) mass is 429 g/mol. The quantitative estimate of drug-likeness (QED) is 0.804. The van der Waals surface area contributed by atoms with E-state index in [9.17, 15) is 4.79 Å². The minimum Gasteiger partial charge on any atom is -0.479 e. The summed E-state index contributed by atoms with van der Waals surface area (Å²) >= 11 is 0. The first-order chi connectivity index (χ1) is 12.5. The lowest BCUT2D eigenvalue weighted by molar-refractivity contribution is -0.130. The summed E-state index contributed by atoms with van der Waals surface area (Å²) in [5, 5.41) is 8.76. The van der Waals surface area contributed by atoms with Gasteiger partial charge in [0.15, 0.2) is 5.65 Å². The second-order valence-corrected chi connectivity index (χ2v) is 7.61. The van der Waals surface area contributed by atoms with Gasteiger partial charge < -0.3 is 15.0 Å². The molecule has 156 valence electrons. The number of aryl methyl sites for hydroxylation is 3. The van der Waals surface area contributed by atoms with Crippen molar-refractivity contribution in [3.63, 3.8) is 0 Å². The molecule has 0 radical (unpaired) electrons. The van der Waals surface area contributed by atoms with Gasteiger partial charge in [0.1, 0.15) is 0 Å². The predicted molar refractivity (Wildman–Crippen MR) is 114 cm³/mol. The van der Waals surface area contributed by atoms with E-state index in [-0.39, 0.29) is 30.7 Å². The standard InChI is InChI=1S/C19H27N5O2.2ClH/c1-11-15(12(2)21-18-17(11)19(26-4)22-23(18)3)5-6-16(25)24-9-13-7-20-8-14(13)10-24;;/h13-14,20H,5-10H2,1-4H3;2*1H/t13-,14+;;. The average Bonchev–Trinajstić information content (AvgIpc) is 3.28. The molecule has 4 rings (SSSR count). The largest absolute Gasteiger partial charge is 0.479 e. The van der Waals surface area contributed by atoms with Crippen molar-refractivity contribution in [1.29, 1.82) is 0 Å². The zero-order valence-corrected chi connectivity index (χ0v) is 18.5. The molecule has 1 amide bonds. The molecule has 2 fully saturated rings. The van der Waals surface area contributed by atoms with E-state index < -0.39 is 0 Å². The minimum absolute atomic E-state index is 0. The number of carbonyl (C=O) groups excluding carboxylic acids is 1. The maximum atomic E-state index is 12.7. The molecule has 2 atom stereocenters. The third kappa shape index (κ3) is 3.80. The van der Waals surface area contributed by atoms with Crippen LogP contribution in [0.25, 0.3) is 11.0 Å². The minimum atomic E-state index is 0. The summed E-state index contributed by atoms with van der Waals surface area (Å²) in [7, 11) is 3.50. The molecule has 9 heteroatoms. The highest BCUT2D eigenvalue weighted by Gasteiger charge is 2.37. The molecule has 28 heavy (non-hydrogen) atoms. The lowest BCUT2D eigenvalue weighted by atomic mass is 10.00. The first kappa shape index (κ1) is 22.7. The Morgan fingerprint density at radius 2 is 1.86 bits per heavy atom. The fourth-order valence-corrected chi connectivity index (χ4v) is 4.56. The van der Waals surface area contributed by atoms with Gasteiger partial charge in [-0.25, -0.2) is 9.67 Å². The average molecular weight is 430 g/mol. The van der Waals surface area contributed by atoms with Crippen molar-refractivity contribution in [1.82, 2.24) is 25.0 Å². The van der Waals surface area contributed by atoms with Crippen LogP contribution in [0.1, 0.15) is 23.2 Å². The van der Waals surface area contributed by atoms with Crippen LogP contribution >= 0.6 is 24.8 Å². The Balaban J connectivity index is 0.00000140. The molecule has 2 aromatic rings. The van der Waals surface area contributed by atoms with E-state index in [1.54, 1.807) is 11.8 Å². The lowest BCUT2D eigenvalue weighted by Gasteiger charge is -2.18. The Labute approximate surface area is 178 Å². The van der Waals surface area contributed by atoms with E-state index in [0.717, 1.165) is 54.0 Å². The second-order valence-electron chi connectivity index (χ2n) is 7.61. The summed E-state index contributed by atoms with van der Waals surface area (Å²) in [5.41, 5.74) is 4.05. The van der Waals surface area contributed by atoms with Gasteiger partial charge in [-0.2, -0.15) is 0 Å². The van der Waals surface area contributed by atoms with Gasteiger partial charge >= 0.3 is 0 Å². The van der Waals surface area contributed by atoms with Crippen LogP contribution in [0.4, 0.5) is 0 Å². The summed E-state index contributed by atoms with van der Waals surface area (Å²) in [5.74, 6) is 2.14. The van der Waals surface area contributed by atoms with Crippen molar-refractivity contribution in [2.75, 3.05) is 33.3 Å². The number of pyridine rings is 1. The first-order valence-electron chi connectivity index (χ1n) is 9.34. The molecular weight excluding hydrogens is 401 g/mol. The van der Waals surface area contributed by atoms with Gasteiger partial charge in [-0.15, -0.1) is 29.9 Å². The van der Waals surface area contributed by atoms with Crippen LogP contribution in [0.3, 0.4) is 0 Å². The van der Waals surface area contributed by atoms with Crippen molar-refractivity contribution in [3.05, 3.63) is 16.8 Å². The van der Waals surface area contributed by atoms with Gasteiger partial charge in [-0.1, -0.05) is 0 Å². The van der Waals surface area contributed by atoms with Gasteiger partial charge in [0.25, 0.3) is 0 Å². The number of likely N-dealkylation sites (tertiary alicyclic amines) is 1. The molecule has 0 spiro atoms. The zero-order valence-electron chi connectivity index (χ0n) is 16.8. The molecule has 2 saturated heterocycles. The molecule has 2 aliphatic rings. The number of fused-ring (bicyclic) bond motifs is 2. The SMILES string of the molecule is COc1nn(C)c2nc(C)c(CCC(=O)N3C[C@H]4CNC[C@H]4C3)c(C)c12.Cl.Cl. The summed E-state index contributed by atoms with van der Waals surface area (Å²) in [4.78, 5) is 19.5. The Kier molecular flexibility index (Phi) is 7.17. The summed E-state index contributed by atoms with van der Waals surface area (Å²) in [6, 6.07) is 0. The van der Waals surface area contributed by atoms with E-state index in [1.807, 2.05) is 14.0 Å². The Bertz CT molecular complexity index is 858. The number of nitrogens with one attached hydrogen (secondary N) is 1. The maximum absolute atomic E-state index is 12.7. The van der Waals surface area contributed by atoms with E-state index in [2.05, 4.69) is 22.2 Å². The number of ether oxygens (including phenoxy) is 1. The number of aromatic nitrogens is 3. The molecule has 0 aliphatic carbocycles. The van der Waals surface area contributed by atoms with Gasteiger partial charge in [-0.3, -0.25) is 4.79 Å². The molecule has 0 saturated carbocycles. The molecule has 0 bridgehead atoms. The number of amides is 1. The van der Waals surface area contributed by atoms with E-state index in [1.165, 1.54) is 0 Å². The topological polar surface area (TPSA) is 72.3 Å². The number of nitrogens with zero attached hydrogens (tertiary/aromatic N) is 4. The van der Waals surface area contributed by atoms with Crippen molar-refractivity contribution < 1.29 is 9.53 Å². The predicted octanol–water partition coefficient (Wildman–Crippen LogP) is 2.05. The highest BCUT2D eigenvalue weighted by molar-refractivity contribution is 5.86. The molecule has 2 aromatic heterocycles. The Morgan fingerprint density at radius 3 is 2.46 bits per heavy atom. The fourth-order valence-electron chi connectivity index (χ4n) is 4.56. The van der Waals surface area contributed by atoms with E-state index >= 15 is 0 Å². The Hall–Kier alpha value is -1.57. The zero-order chi connectivity index (χ0) is 18.4. The van der Waals surface area contributed by atoms with Crippen LogP contribution in [0, 0.1) is 25.7 Å². The summed E-state index contributed by atoms with van der Waals surface area (Å²) in [6.45, 7) is 8.00. The van der Waals surface area contributed by atoms with Crippen LogP contribution in [0.15, 0.2) is 0 Å². The van der Waals surface area contributed by atoms with Crippen LogP contribution in [0.5, 0.6) is 5.88 Å².